The number of hydrogen-bond acceptors (Lipinski definition) is 3. The van der Waals surface area contributed by atoms with Crippen molar-refractivity contribution in [3.05, 3.63) is 136 Å². The van der Waals surface area contributed by atoms with E-state index in [1.807, 2.05) is 78.9 Å². The Labute approximate surface area is 187 Å². The number of thioether (sulfide) groups is 2. The Morgan fingerprint density at radius 3 is 1.70 bits per heavy atom. The second-order valence-corrected chi connectivity index (χ2v) is 8.84. The molecule has 0 atom stereocenters. The van der Waals surface area contributed by atoms with E-state index >= 15 is 0 Å². The third-order valence-electron chi connectivity index (χ3n) is 4.17. The summed E-state index contributed by atoms with van der Waals surface area (Å²) in [5, 5.41) is 0. The zero-order valence-electron chi connectivity index (χ0n) is 16.7. The minimum absolute atomic E-state index is 0.00355. The van der Waals surface area contributed by atoms with E-state index in [9.17, 15) is 4.79 Å². The zero-order chi connectivity index (χ0) is 20.9. The second kappa shape index (κ2) is 12.7. The van der Waals surface area contributed by atoms with Crippen LogP contribution in [0.4, 0.5) is 0 Å². The lowest BCUT2D eigenvalue weighted by molar-refractivity contribution is -0.110. The molecule has 3 rings (SSSR count). The SMILES string of the molecule is O=C(C=CC=Cc1ccccc1)C=C(SCc1ccccc1)SCc1ccccc1. The van der Waals surface area contributed by atoms with Gasteiger partial charge >= 0.3 is 0 Å². The summed E-state index contributed by atoms with van der Waals surface area (Å²) in [6, 6.07) is 30.7. The third kappa shape index (κ3) is 8.32. The molecule has 0 heterocycles. The van der Waals surface area contributed by atoms with Crippen LogP contribution in [0.5, 0.6) is 0 Å². The molecule has 0 amide bonds. The number of benzene rings is 3. The van der Waals surface area contributed by atoms with Gasteiger partial charge in [-0.15, -0.1) is 23.5 Å². The smallest absolute Gasteiger partial charge is 0.180 e. The first-order valence-electron chi connectivity index (χ1n) is 9.78. The highest BCUT2D eigenvalue weighted by atomic mass is 32.2. The number of carbonyl (C=O) groups is 1. The molecule has 0 fully saturated rings. The summed E-state index contributed by atoms with van der Waals surface area (Å²) < 4.78 is 1.03. The first kappa shape index (κ1) is 21.9. The molecule has 0 unspecified atom stereocenters. The molecule has 30 heavy (non-hydrogen) atoms. The fourth-order valence-corrected chi connectivity index (χ4v) is 4.72. The van der Waals surface area contributed by atoms with Gasteiger partial charge in [0.05, 0.1) is 0 Å². The van der Waals surface area contributed by atoms with Crippen LogP contribution in [0, 0.1) is 0 Å². The van der Waals surface area contributed by atoms with Crippen LogP contribution in [0.15, 0.2) is 120 Å². The van der Waals surface area contributed by atoms with Crippen molar-refractivity contribution in [3.63, 3.8) is 0 Å². The lowest BCUT2D eigenvalue weighted by Gasteiger charge is -2.07. The molecule has 3 heteroatoms. The van der Waals surface area contributed by atoms with Gasteiger partial charge < -0.3 is 0 Å². The molecule has 0 bridgehead atoms. The van der Waals surface area contributed by atoms with Gasteiger partial charge in [0.1, 0.15) is 0 Å². The van der Waals surface area contributed by atoms with Crippen LogP contribution in [0.1, 0.15) is 16.7 Å². The molecule has 0 radical (unpaired) electrons. The number of allylic oxidation sites excluding steroid dienone is 4. The number of rotatable bonds is 10. The lowest BCUT2D eigenvalue weighted by Crippen LogP contribution is -1.89. The van der Waals surface area contributed by atoms with Crippen LogP contribution in [0.3, 0.4) is 0 Å². The van der Waals surface area contributed by atoms with Crippen molar-refractivity contribution < 1.29 is 4.79 Å². The maximum atomic E-state index is 12.5. The summed E-state index contributed by atoms with van der Waals surface area (Å²) >= 11 is 3.42. The Bertz CT molecular complexity index is 945. The normalized spacial score (nSPS) is 11.1. The van der Waals surface area contributed by atoms with E-state index < -0.39 is 0 Å². The summed E-state index contributed by atoms with van der Waals surface area (Å²) in [6.07, 6.45) is 9.05. The lowest BCUT2D eigenvalue weighted by atomic mass is 10.2. The Morgan fingerprint density at radius 1 is 0.667 bits per heavy atom. The highest BCUT2D eigenvalue weighted by Crippen LogP contribution is 2.33. The maximum Gasteiger partial charge on any atom is 0.180 e. The van der Waals surface area contributed by atoms with E-state index in [0.29, 0.717) is 0 Å². The average molecular weight is 429 g/mol. The maximum absolute atomic E-state index is 12.5. The van der Waals surface area contributed by atoms with E-state index in [1.54, 1.807) is 41.8 Å². The molecule has 0 spiro atoms. The molecule has 0 aromatic heterocycles. The van der Waals surface area contributed by atoms with Crippen LogP contribution in [-0.4, -0.2) is 5.78 Å². The molecule has 0 aliphatic rings. The van der Waals surface area contributed by atoms with Crippen molar-refractivity contribution in [1.29, 1.82) is 0 Å². The van der Waals surface area contributed by atoms with Gasteiger partial charge in [-0.1, -0.05) is 109 Å². The van der Waals surface area contributed by atoms with Crippen molar-refractivity contribution in [2.75, 3.05) is 0 Å². The Kier molecular flexibility index (Phi) is 9.32. The molecular formula is C27H24OS2. The van der Waals surface area contributed by atoms with Gasteiger partial charge in [-0.2, -0.15) is 0 Å². The molecule has 150 valence electrons. The van der Waals surface area contributed by atoms with Crippen LogP contribution >= 0.6 is 23.5 Å². The average Bonchev–Trinajstić information content (AvgIpc) is 2.80. The van der Waals surface area contributed by atoms with Crippen LogP contribution in [-0.2, 0) is 16.3 Å². The van der Waals surface area contributed by atoms with Crippen LogP contribution in [0.2, 0.25) is 0 Å². The largest absolute Gasteiger partial charge is 0.290 e. The monoisotopic (exact) mass is 428 g/mol. The van der Waals surface area contributed by atoms with Crippen molar-refractivity contribution in [2.24, 2.45) is 0 Å². The van der Waals surface area contributed by atoms with E-state index in [-0.39, 0.29) is 5.78 Å². The fraction of sp³-hybridized carbons (Fsp3) is 0.0741. The van der Waals surface area contributed by atoms with Gasteiger partial charge in [0.25, 0.3) is 0 Å². The highest BCUT2D eigenvalue weighted by molar-refractivity contribution is 8.21. The van der Waals surface area contributed by atoms with E-state index in [1.165, 1.54) is 11.1 Å². The summed E-state index contributed by atoms with van der Waals surface area (Å²) in [6.45, 7) is 0. The van der Waals surface area contributed by atoms with Gasteiger partial charge in [-0.05, 0) is 22.8 Å². The summed E-state index contributed by atoms with van der Waals surface area (Å²) in [7, 11) is 0. The Balaban J connectivity index is 1.62. The summed E-state index contributed by atoms with van der Waals surface area (Å²) in [4.78, 5) is 12.5. The van der Waals surface area contributed by atoms with Crippen molar-refractivity contribution in [3.8, 4) is 0 Å². The Morgan fingerprint density at radius 2 is 1.17 bits per heavy atom. The second-order valence-electron chi connectivity index (χ2n) is 6.54. The topological polar surface area (TPSA) is 17.1 Å². The predicted molar refractivity (Wildman–Crippen MR) is 133 cm³/mol. The molecule has 3 aromatic carbocycles. The van der Waals surface area contributed by atoms with Crippen LogP contribution < -0.4 is 0 Å². The third-order valence-corrected chi connectivity index (χ3v) is 6.63. The predicted octanol–water partition coefficient (Wildman–Crippen LogP) is 7.53. The van der Waals surface area contributed by atoms with E-state index in [4.69, 9.17) is 0 Å². The molecule has 0 saturated carbocycles. The van der Waals surface area contributed by atoms with Gasteiger partial charge in [-0.3, -0.25) is 4.79 Å². The van der Waals surface area contributed by atoms with E-state index in [0.717, 1.165) is 21.3 Å². The molecule has 3 aromatic rings. The fourth-order valence-electron chi connectivity index (χ4n) is 2.63. The quantitative estimate of drug-likeness (QED) is 0.245. The first-order valence-corrected chi connectivity index (χ1v) is 11.8. The number of carbonyl (C=O) groups excluding carboxylic acids is 1. The highest BCUT2D eigenvalue weighted by Gasteiger charge is 2.04. The molecule has 1 nitrogen and oxygen atoms in total. The first-order chi connectivity index (χ1) is 14.8. The minimum Gasteiger partial charge on any atom is -0.290 e. The van der Waals surface area contributed by atoms with Gasteiger partial charge in [0, 0.05) is 21.8 Å². The van der Waals surface area contributed by atoms with Crippen molar-refractivity contribution >= 4 is 35.4 Å². The van der Waals surface area contributed by atoms with E-state index in [2.05, 4.69) is 24.3 Å². The molecular weight excluding hydrogens is 404 g/mol. The minimum atomic E-state index is 0.00355. The molecule has 0 aliphatic heterocycles. The van der Waals surface area contributed by atoms with Gasteiger partial charge in [0.2, 0.25) is 0 Å². The summed E-state index contributed by atoms with van der Waals surface area (Å²) in [5.41, 5.74) is 3.62. The summed E-state index contributed by atoms with van der Waals surface area (Å²) in [5.74, 6) is 1.70. The van der Waals surface area contributed by atoms with Gasteiger partial charge in [-0.25, -0.2) is 0 Å². The van der Waals surface area contributed by atoms with Crippen molar-refractivity contribution in [2.45, 2.75) is 11.5 Å². The van der Waals surface area contributed by atoms with Crippen LogP contribution in [0.25, 0.3) is 6.08 Å². The molecule has 0 saturated heterocycles. The molecule has 0 aliphatic carbocycles. The van der Waals surface area contributed by atoms with Crippen molar-refractivity contribution in [1.82, 2.24) is 0 Å². The molecule has 0 N–H and O–H groups in total. The Hall–Kier alpha value is -2.75. The standard InChI is InChI=1S/C27H24OS2/c28-26(19-11-10-14-23-12-4-1-5-13-23)20-27(29-21-24-15-6-2-7-16-24)30-22-25-17-8-3-9-18-25/h1-20H,21-22H2. The van der Waals surface area contributed by atoms with Gasteiger partial charge in [0.15, 0.2) is 5.78 Å². The number of hydrogen-bond donors (Lipinski definition) is 0. The number of ketones is 1. The zero-order valence-corrected chi connectivity index (χ0v) is 18.3.